The van der Waals surface area contributed by atoms with Gasteiger partial charge in [-0.15, -0.1) is 0 Å². The molecule has 31 heavy (non-hydrogen) atoms. The molecule has 0 heterocycles. The second-order valence-corrected chi connectivity index (χ2v) is 12.9. The molecule has 0 spiro atoms. The normalized spacial score (nSPS) is 11.6. The van der Waals surface area contributed by atoms with E-state index < -0.39 is 29.3 Å². The fourth-order valence-electron chi connectivity index (χ4n) is 2.93. The molecule has 0 saturated carbocycles. The second kappa shape index (κ2) is 16.5. The van der Waals surface area contributed by atoms with E-state index in [4.69, 9.17) is 16.1 Å². The Morgan fingerprint density at radius 3 is 1.32 bits per heavy atom. The molecule has 0 aromatic carbocycles. The molecule has 0 saturated heterocycles. The minimum atomic E-state index is -4.00. The fraction of sp³-hybridized carbons (Fsp3) is 0.818. The van der Waals surface area contributed by atoms with Crippen LogP contribution >= 0.6 is 0 Å². The fourth-order valence-corrected chi connectivity index (χ4v) is 8.68. The molecule has 0 radical (unpaired) electrons. The predicted octanol–water partition coefficient (Wildman–Crippen LogP) is 4.26. The zero-order valence-electron chi connectivity index (χ0n) is 20.0. The Morgan fingerprint density at radius 1 is 0.677 bits per heavy atom. The molecule has 0 fully saturated rings. The molecule has 0 unspecified atom stereocenters. The molecule has 0 N–H and O–H groups in total. The van der Waals surface area contributed by atoms with Crippen LogP contribution in [-0.2, 0) is 52.7 Å². The molecule has 0 aromatic heterocycles. The Balaban J connectivity index is 5.22. The Kier molecular flexibility index (Phi) is 16.0. The van der Waals surface area contributed by atoms with Crippen LogP contribution in [0.3, 0.4) is 0 Å². The van der Waals surface area contributed by atoms with E-state index in [2.05, 4.69) is 0 Å². The van der Waals surface area contributed by atoms with Crippen LogP contribution in [0.4, 0.5) is 0 Å². The quantitative estimate of drug-likeness (QED) is 0.124. The van der Waals surface area contributed by atoms with Gasteiger partial charge in [0, 0.05) is 0 Å². The number of carbonyl (C=O) groups is 4. The van der Waals surface area contributed by atoms with E-state index in [1.807, 2.05) is 13.8 Å². The summed E-state index contributed by atoms with van der Waals surface area (Å²) >= 11 is -4.00. The summed E-state index contributed by atoms with van der Waals surface area (Å²) in [5.74, 6) is -1.92. The molecule has 0 amide bonds. The number of rotatable bonds is 18. The first kappa shape index (κ1) is 29.9. The van der Waals surface area contributed by atoms with Crippen LogP contribution in [-0.4, -0.2) is 48.9 Å². The Morgan fingerprint density at radius 2 is 1.03 bits per heavy atom. The summed E-state index contributed by atoms with van der Waals surface area (Å²) in [7, 11) is 0. The molecule has 0 rings (SSSR count). The van der Waals surface area contributed by atoms with Crippen molar-refractivity contribution in [1.82, 2.24) is 0 Å². The zero-order chi connectivity index (χ0) is 23.9. The van der Waals surface area contributed by atoms with Gasteiger partial charge in [-0.05, 0) is 0 Å². The summed E-state index contributed by atoms with van der Waals surface area (Å²) in [5, 5.41) is 0. The van der Waals surface area contributed by atoms with Gasteiger partial charge in [-0.3, -0.25) is 0 Å². The Labute approximate surface area is 191 Å². The molecule has 9 heteroatoms. The maximum absolute atomic E-state index is 12.6. The van der Waals surface area contributed by atoms with Gasteiger partial charge in [0.05, 0.1) is 0 Å². The molecule has 0 aliphatic heterocycles. The van der Waals surface area contributed by atoms with Crippen molar-refractivity contribution in [3.8, 4) is 0 Å². The van der Waals surface area contributed by atoms with Gasteiger partial charge in [0.1, 0.15) is 0 Å². The van der Waals surface area contributed by atoms with Crippen molar-refractivity contribution in [3.63, 3.8) is 0 Å². The molecule has 8 nitrogen and oxygen atoms in total. The van der Waals surface area contributed by atoms with Crippen LogP contribution in [0.5, 0.6) is 0 Å². The monoisotopic (exact) mass is 480 g/mol. The van der Waals surface area contributed by atoms with Gasteiger partial charge in [0.25, 0.3) is 0 Å². The van der Waals surface area contributed by atoms with Crippen LogP contribution < -0.4 is 0 Å². The Hall–Kier alpha value is -1.09. The predicted molar refractivity (Wildman–Crippen MR) is 113 cm³/mol. The van der Waals surface area contributed by atoms with Crippen molar-refractivity contribution in [2.45, 2.75) is 102 Å². The second-order valence-electron chi connectivity index (χ2n) is 8.18. The van der Waals surface area contributed by atoms with Gasteiger partial charge < -0.3 is 0 Å². The van der Waals surface area contributed by atoms with Gasteiger partial charge in [-0.25, -0.2) is 0 Å². The van der Waals surface area contributed by atoms with Crippen LogP contribution in [0.1, 0.15) is 80.1 Å². The van der Waals surface area contributed by atoms with E-state index in [1.54, 1.807) is 27.7 Å². The summed E-state index contributed by atoms with van der Waals surface area (Å²) in [6.45, 7) is 11.7. The summed E-state index contributed by atoms with van der Waals surface area (Å²) in [4.78, 5) is 49.1. The molecule has 0 aliphatic rings. The standard InChI is InChI=1S/2C8H13O3.2C3H7O.Ti/c2*1-3-4-5-11-8(10)6-7(2)9;2*1-3(2)4;/h2*2-6H2,1H3;2*3H,1-2H3;/q;;2*-1;+2. The van der Waals surface area contributed by atoms with Crippen molar-refractivity contribution in [2.75, 3.05) is 13.2 Å². The van der Waals surface area contributed by atoms with Crippen LogP contribution in [0, 0.1) is 0 Å². The average Bonchev–Trinajstić information content (AvgIpc) is 2.60. The van der Waals surface area contributed by atoms with E-state index >= 15 is 0 Å². The molecule has 0 atom stereocenters. The number of unbranched alkanes of at least 4 members (excludes halogenated alkanes) is 2. The first-order chi connectivity index (χ1) is 14.5. The molecule has 180 valence electrons. The Bertz CT molecular complexity index is 524. The molecule has 0 aliphatic carbocycles. The van der Waals surface area contributed by atoms with E-state index in [-0.39, 0.29) is 59.3 Å². The summed E-state index contributed by atoms with van der Waals surface area (Å²) in [6.07, 6.45) is 1.93. The summed E-state index contributed by atoms with van der Waals surface area (Å²) in [5.41, 5.74) is 0. The molecule has 0 bridgehead atoms. The van der Waals surface area contributed by atoms with Crippen molar-refractivity contribution < 1.29 is 52.7 Å². The third-order valence-electron chi connectivity index (χ3n) is 4.04. The van der Waals surface area contributed by atoms with Gasteiger partial charge in [-0.2, -0.15) is 0 Å². The first-order valence-electron chi connectivity index (χ1n) is 11.2. The van der Waals surface area contributed by atoms with Gasteiger partial charge in [0.2, 0.25) is 0 Å². The number of hydrogen-bond donors (Lipinski definition) is 0. The van der Waals surface area contributed by atoms with E-state index in [0.29, 0.717) is 0 Å². The first-order valence-corrected chi connectivity index (χ1v) is 14.7. The number of esters is 2. The van der Waals surface area contributed by atoms with Gasteiger partial charge >= 0.3 is 191 Å². The number of ketones is 2. The van der Waals surface area contributed by atoms with Crippen molar-refractivity contribution in [1.29, 1.82) is 0 Å². The minimum absolute atomic E-state index is 0.115. The number of Topliss-reactive ketones (excluding diaryl/α,β-unsaturated/α-hetero) is 2. The van der Waals surface area contributed by atoms with E-state index in [9.17, 15) is 19.2 Å². The van der Waals surface area contributed by atoms with Crippen molar-refractivity contribution in [2.24, 2.45) is 0 Å². The zero-order valence-corrected chi connectivity index (χ0v) is 21.6. The van der Waals surface area contributed by atoms with Crippen molar-refractivity contribution >= 4 is 23.5 Å². The third kappa shape index (κ3) is 15.4. The summed E-state index contributed by atoms with van der Waals surface area (Å²) < 4.78 is 22.0. The van der Waals surface area contributed by atoms with E-state index in [1.165, 1.54) is 0 Å². The van der Waals surface area contributed by atoms with Crippen molar-refractivity contribution in [3.05, 3.63) is 0 Å². The molecular formula is C22H40O8Ti. The van der Waals surface area contributed by atoms with Crippen LogP contribution in [0.15, 0.2) is 0 Å². The average molecular weight is 480 g/mol. The van der Waals surface area contributed by atoms with Crippen LogP contribution in [0.2, 0.25) is 9.45 Å². The molecule has 0 aromatic rings. The van der Waals surface area contributed by atoms with Gasteiger partial charge in [-0.1, -0.05) is 0 Å². The number of ether oxygens (including phenoxy) is 2. The third-order valence-corrected chi connectivity index (χ3v) is 9.77. The number of carbonyl (C=O) groups excluding carboxylic acids is 4. The van der Waals surface area contributed by atoms with Gasteiger partial charge in [0.15, 0.2) is 0 Å². The number of hydrogen-bond acceptors (Lipinski definition) is 8. The summed E-state index contributed by atoms with van der Waals surface area (Å²) in [6, 6.07) is 0. The maximum atomic E-state index is 12.6. The topological polar surface area (TPSA) is 105 Å². The molecular weight excluding hydrogens is 440 g/mol. The van der Waals surface area contributed by atoms with Crippen LogP contribution in [0.25, 0.3) is 0 Å². The SMILES string of the molecule is CCCCOC(=O)CC(=O)[CH2][Ti]([CH2]C(=O)CC(=O)OCCCC)([O]C(C)C)[O]C(C)C. The van der Waals surface area contributed by atoms with E-state index in [0.717, 1.165) is 25.7 Å².